The molecule has 1 amide bonds. The number of pyridine rings is 1. The van der Waals surface area contributed by atoms with Crippen molar-refractivity contribution >= 4 is 5.91 Å². The van der Waals surface area contributed by atoms with Crippen LogP contribution in [-0.2, 0) is 4.74 Å². The number of aryl methyl sites for hydroxylation is 2. The average Bonchev–Trinajstić information content (AvgIpc) is 2.78. The summed E-state index contributed by atoms with van der Waals surface area (Å²) >= 11 is 0. The van der Waals surface area contributed by atoms with Crippen molar-refractivity contribution in [3.8, 4) is 5.82 Å². The molecule has 0 aliphatic heterocycles. The standard InChI is InChI=1S/C14H18N4O2/c1-10-8-11(2)18(17-10)13-5-4-12(9-16-13)14(19)15-6-7-20-3/h4-5,8-9H,6-7H2,1-3H3,(H,15,19). The van der Waals surface area contributed by atoms with Gasteiger partial charge in [0, 0.05) is 25.5 Å². The number of rotatable bonds is 5. The largest absolute Gasteiger partial charge is 0.383 e. The Kier molecular flexibility index (Phi) is 4.47. The summed E-state index contributed by atoms with van der Waals surface area (Å²) in [6.45, 7) is 4.87. The first-order valence-corrected chi connectivity index (χ1v) is 6.38. The number of amides is 1. The molecule has 0 bridgehead atoms. The third-order valence-corrected chi connectivity index (χ3v) is 2.83. The van der Waals surface area contributed by atoms with E-state index >= 15 is 0 Å². The number of carbonyl (C=O) groups is 1. The van der Waals surface area contributed by atoms with Crippen molar-refractivity contribution < 1.29 is 9.53 Å². The van der Waals surface area contributed by atoms with Crippen LogP contribution in [0.2, 0.25) is 0 Å². The fourth-order valence-electron chi connectivity index (χ4n) is 1.88. The van der Waals surface area contributed by atoms with Gasteiger partial charge in [-0.05, 0) is 32.0 Å². The molecule has 6 heteroatoms. The fourth-order valence-corrected chi connectivity index (χ4v) is 1.88. The first-order chi connectivity index (χ1) is 9.61. The van der Waals surface area contributed by atoms with E-state index in [4.69, 9.17) is 4.74 Å². The van der Waals surface area contributed by atoms with E-state index in [-0.39, 0.29) is 5.91 Å². The summed E-state index contributed by atoms with van der Waals surface area (Å²) in [4.78, 5) is 16.1. The van der Waals surface area contributed by atoms with Gasteiger partial charge in [-0.25, -0.2) is 9.67 Å². The summed E-state index contributed by atoms with van der Waals surface area (Å²) < 4.78 is 6.63. The van der Waals surface area contributed by atoms with Crippen molar-refractivity contribution in [1.29, 1.82) is 0 Å². The maximum absolute atomic E-state index is 11.8. The van der Waals surface area contributed by atoms with Gasteiger partial charge >= 0.3 is 0 Å². The van der Waals surface area contributed by atoms with Gasteiger partial charge in [0.2, 0.25) is 0 Å². The van der Waals surface area contributed by atoms with Crippen molar-refractivity contribution in [1.82, 2.24) is 20.1 Å². The second-order valence-electron chi connectivity index (χ2n) is 4.49. The second kappa shape index (κ2) is 6.29. The normalized spacial score (nSPS) is 10.6. The Bertz CT molecular complexity index is 590. The molecular weight excluding hydrogens is 256 g/mol. The minimum atomic E-state index is -0.158. The van der Waals surface area contributed by atoms with Crippen LogP contribution in [0.4, 0.5) is 0 Å². The zero-order chi connectivity index (χ0) is 14.5. The van der Waals surface area contributed by atoms with E-state index in [1.807, 2.05) is 19.9 Å². The molecule has 0 atom stereocenters. The van der Waals surface area contributed by atoms with Gasteiger partial charge in [-0.2, -0.15) is 5.10 Å². The van der Waals surface area contributed by atoms with E-state index in [2.05, 4.69) is 15.4 Å². The molecule has 2 heterocycles. The van der Waals surface area contributed by atoms with E-state index < -0.39 is 0 Å². The predicted octanol–water partition coefficient (Wildman–Crippen LogP) is 1.26. The lowest BCUT2D eigenvalue weighted by Crippen LogP contribution is -2.27. The van der Waals surface area contributed by atoms with Crippen LogP contribution in [0.1, 0.15) is 21.7 Å². The summed E-state index contributed by atoms with van der Waals surface area (Å²) in [5.41, 5.74) is 2.46. The number of nitrogens with one attached hydrogen (secondary N) is 1. The lowest BCUT2D eigenvalue weighted by Gasteiger charge is -2.06. The zero-order valence-electron chi connectivity index (χ0n) is 11.9. The van der Waals surface area contributed by atoms with E-state index in [1.165, 1.54) is 0 Å². The second-order valence-corrected chi connectivity index (χ2v) is 4.49. The van der Waals surface area contributed by atoms with Crippen LogP contribution in [0, 0.1) is 13.8 Å². The molecule has 2 rings (SSSR count). The van der Waals surface area contributed by atoms with Gasteiger partial charge in [-0.1, -0.05) is 0 Å². The highest BCUT2D eigenvalue weighted by Crippen LogP contribution is 2.10. The molecule has 0 saturated heterocycles. The van der Waals surface area contributed by atoms with Crippen LogP contribution in [0.5, 0.6) is 0 Å². The Morgan fingerprint density at radius 1 is 1.40 bits per heavy atom. The van der Waals surface area contributed by atoms with Gasteiger partial charge in [-0.3, -0.25) is 4.79 Å². The van der Waals surface area contributed by atoms with Crippen molar-refractivity contribution in [2.45, 2.75) is 13.8 Å². The highest BCUT2D eigenvalue weighted by Gasteiger charge is 2.08. The maximum atomic E-state index is 11.8. The van der Waals surface area contributed by atoms with Crippen LogP contribution in [-0.4, -0.2) is 40.9 Å². The minimum absolute atomic E-state index is 0.158. The summed E-state index contributed by atoms with van der Waals surface area (Å²) in [6.07, 6.45) is 1.55. The SMILES string of the molecule is COCCNC(=O)c1ccc(-n2nc(C)cc2C)nc1. The van der Waals surface area contributed by atoms with Gasteiger partial charge in [0.05, 0.1) is 17.9 Å². The highest BCUT2D eigenvalue weighted by molar-refractivity contribution is 5.93. The monoisotopic (exact) mass is 274 g/mol. The topological polar surface area (TPSA) is 69.0 Å². The molecule has 0 spiro atoms. The molecule has 0 unspecified atom stereocenters. The smallest absolute Gasteiger partial charge is 0.252 e. The Balaban J connectivity index is 2.10. The Morgan fingerprint density at radius 2 is 2.20 bits per heavy atom. The molecule has 1 N–H and O–H groups in total. The van der Waals surface area contributed by atoms with Crippen molar-refractivity contribution in [2.75, 3.05) is 20.3 Å². The third kappa shape index (κ3) is 3.21. The minimum Gasteiger partial charge on any atom is -0.383 e. The summed E-state index contributed by atoms with van der Waals surface area (Å²) in [5.74, 6) is 0.540. The van der Waals surface area contributed by atoms with E-state index in [0.29, 0.717) is 24.5 Å². The fraction of sp³-hybridized carbons (Fsp3) is 0.357. The van der Waals surface area contributed by atoms with Crippen LogP contribution in [0.25, 0.3) is 5.82 Å². The number of aromatic nitrogens is 3. The molecule has 0 saturated carbocycles. The highest BCUT2D eigenvalue weighted by atomic mass is 16.5. The molecule has 106 valence electrons. The molecule has 20 heavy (non-hydrogen) atoms. The van der Waals surface area contributed by atoms with Crippen LogP contribution >= 0.6 is 0 Å². The molecule has 0 radical (unpaired) electrons. The molecule has 2 aromatic heterocycles. The Morgan fingerprint density at radius 3 is 2.75 bits per heavy atom. The first-order valence-electron chi connectivity index (χ1n) is 6.38. The van der Waals surface area contributed by atoms with E-state index in [1.54, 1.807) is 30.1 Å². The Labute approximate surface area is 117 Å². The number of nitrogens with zero attached hydrogens (tertiary/aromatic N) is 3. The Hall–Kier alpha value is -2.21. The van der Waals surface area contributed by atoms with Crippen molar-refractivity contribution in [2.24, 2.45) is 0 Å². The maximum Gasteiger partial charge on any atom is 0.252 e. The lowest BCUT2D eigenvalue weighted by molar-refractivity contribution is 0.0936. The lowest BCUT2D eigenvalue weighted by atomic mass is 10.2. The van der Waals surface area contributed by atoms with Gasteiger partial charge in [0.1, 0.15) is 0 Å². The summed E-state index contributed by atoms with van der Waals surface area (Å²) in [6, 6.07) is 5.50. The number of carbonyl (C=O) groups excluding carboxylic acids is 1. The quantitative estimate of drug-likeness (QED) is 0.833. The number of hydrogen-bond acceptors (Lipinski definition) is 4. The van der Waals surface area contributed by atoms with E-state index in [0.717, 1.165) is 11.4 Å². The molecule has 0 aliphatic carbocycles. The number of methoxy groups -OCH3 is 1. The first kappa shape index (κ1) is 14.2. The van der Waals surface area contributed by atoms with Crippen LogP contribution < -0.4 is 5.32 Å². The molecule has 0 fully saturated rings. The van der Waals surface area contributed by atoms with Gasteiger partial charge in [0.15, 0.2) is 5.82 Å². The molecule has 2 aromatic rings. The summed E-state index contributed by atoms with van der Waals surface area (Å²) in [7, 11) is 1.59. The number of ether oxygens (including phenoxy) is 1. The summed E-state index contributed by atoms with van der Waals surface area (Å²) in [5, 5.41) is 7.10. The van der Waals surface area contributed by atoms with Crippen molar-refractivity contribution in [3.63, 3.8) is 0 Å². The van der Waals surface area contributed by atoms with E-state index in [9.17, 15) is 4.79 Å². The predicted molar refractivity (Wildman–Crippen MR) is 75.0 cm³/mol. The third-order valence-electron chi connectivity index (χ3n) is 2.83. The van der Waals surface area contributed by atoms with Gasteiger partial charge in [0.25, 0.3) is 5.91 Å². The molecular formula is C14H18N4O2. The zero-order valence-corrected chi connectivity index (χ0v) is 11.9. The van der Waals surface area contributed by atoms with Crippen LogP contribution in [0.15, 0.2) is 24.4 Å². The van der Waals surface area contributed by atoms with Crippen LogP contribution in [0.3, 0.4) is 0 Å². The molecule has 0 aromatic carbocycles. The van der Waals surface area contributed by atoms with Gasteiger partial charge < -0.3 is 10.1 Å². The molecule has 6 nitrogen and oxygen atoms in total. The van der Waals surface area contributed by atoms with Gasteiger partial charge in [-0.15, -0.1) is 0 Å². The average molecular weight is 274 g/mol. The number of hydrogen-bond donors (Lipinski definition) is 1. The van der Waals surface area contributed by atoms with Crippen molar-refractivity contribution in [3.05, 3.63) is 41.3 Å². The molecule has 0 aliphatic rings.